The lowest BCUT2D eigenvalue weighted by Crippen LogP contribution is -2.42. The smallest absolute Gasteiger partial charge is 0.258 e. The number of para-hydroxylation sites is 1. The third-order valence-electron chi connectivity index (χ3n) is 5.86. The maximum absolute atomic E-state index is 12.8. The highest BCUT2D eigenvalue weighted by atomic mass is 16.4. The van der Waals surface area contributed by atoms with Crippen molar-refractivity contribution in [2.75, 3.05) is 17.3 Å². The molecule has 2 aliphatic rings. The number of allylic oxidation sites excluding steroid dienone is 2. The first kappa shape index (κ1) is 18.9. The molecule has 6 heteroatoms. The Morgan fingerprint density at radius 2 is 1.66 bits per heavy atom. The van der Waals surface area contributed by atoms with Crippen molar-refractivity contribution in [3.63, 3.8) is 0 Å². The molecular weight excluding hydrogens is 368 g/mol. The maximum Gasteiger partial charge on any atom is 0.258 e. The quantitative estimate of drug-likeness (QED) is 0.793. The minimum Gasteiger partial charge on any atom is -0.550 e. The molecule has 2 aromatic rings. The molecule has 2 amide bonds. The molecule has 0 unspecified atom stereocenters. The van der Waals surface area contributed by atoms with Crippen molar-refractivity contribution in [1.29, 1.82) is 0 Å². The van der Waals surface area contributed by atoms with E-state index >= 15 is 0 Å². The molecule has 1 N–H and O–H groups in total. The van der Waals surface area contributed by atoms with Crippen molar-refractivity contribution in [2.24, 2.45) is 23.7 Å². The number of amides is 2. The molecule has 0 aliphatic heterocycles. The van der Waals surface area contributed by atoms with Gasteiger partial charge in [-0.1, -0.05) is 36.4 Å². The fourth-order valence-electron chi connectivity index (χ4n) is 4.42. The largest absolute Gasteiger partial charge is 0.550 e. The number of rotatable bonds is 5. The van der Waals surface area contributed by atoms with Crippen LogP contribution in [0.15, 0.2) is 66.7 Å². The zero-order valence-corrected chi connectivity index (χ0v) is 15.9. The second-order valence-electron chi connectivity index (χ2n) is 7.59. The summed E-state index contributed by atoms with van der Waals surface area (Å²) >= 11 is 0. The number of carbonyl (C=O) groups excluding carboxylic acids is 3. The topological polar surface area (TPSA) is 89.5 Å². The molecule has 2 bridgehead atoms. The van der Waals surface area contributed by atoms with Gasteiger partial charge in [0.15, 0.2) is 0 Å². The highest BCUT2D eigenvalue weighted by molar-refractivity contribution is 6.06. The van der Waals surface area contributed by atoms with Gasteiger partial charge in [0.25, 0.3) is 5.91 Å². The van der Waals surface area contributed by atoms with Gasteiger partial charge in [-0.3, -0.25) is 9.59 Å². The molecule has 4 atom stereocenters. The van der Waals surface area contributed by atoms with Gasteiger partial charge in [-0.05, 0) is 48.6 Å². The normalized spacial score (nSPS) is 24.3. The molecule has 1 saturated carbocycles. The van der Waals surface area contributed by atoms with E-state index in [0.29, 0.717) is 17.7 Å². The molecule has 1 fully saturated rings. The maximum atomic E-state index is 12.8. The molecule has 6 nitrogen and oxygen atoms in total. The summed E-state index contributed by atoms with van der Waals surface area (Å²) in [7, 11) is 1.69. The Morgan fingerprint density at radius 3 is 2.34 bits per heavy atom. The van der Waals surface area contributed by atoms with Crippen LogP contribution in [0.2, 0.25) is 0 Å². The number of anilines is 2. The Kier molecular flexibility index (Phi) is 4.92. The van der Waals surface area contributed by atoms with Crippen molar-refractivity contribution >= 4 is 29.2 Å². The lowest BCUT2D eigenvalue weighted by atomic mass is 9.82. The van der Waals surface area contributed by atoms with Gasteiger partial charge in [0.1, 0.15) is 0 Å². The van der Waals surface area contributed by atoms with Crippen LogP contribution in [0.1, 0.15) is 16.8 Å². The summed E-state index contributed by atoms with van der Waals surface area (Å²) in [4.78, 5) is 38.7. The Hall–Kier alpha value is -3.41. The number of nitrogens with one attached hydrogen (secondary N) is 1. The highest BCUT2D eigenvalue weighted by Crippen LogP contribution is 2.48. The molecular formula is C23H21N2O4-. The van der Waals surface area contributed by atoms with Crippen LogP contribution in [0.25, 0.3) is 0 Å². The van der Waals surface area contributed by atoms with Gasteiger partial charge < -0.3 is 20.1 Å². The van der Waals surface area contributed by atoms with Gasteiger partial charge in [0.2, 0.25) is 5.91 Å². The van der Waals surface area contributed by atoms with Gasteiger partial charge in [-0.15, -0.1) is 0 Å². The van der Waals surface area contributed by atoms with Crippen molar-refractivity contribution in [3.8, 4) is 0 Å². The first-order valence-electron chi connectivity index (χ1n) is 9.59. The Bertz CT molecular complexity index is 985. The fourth-order valence-corrected chi connectivity index (χ4v) is 4.42. The van der Waals surface area contributed by atoms with Crippen molar-refractivity contribution in [3.05, 3.63) is 72.3 Å². The van der Waals surface area contributed by atoms with Crippen LogP contribution in [-0.4, -0.2) is 24.8 Å². The van der Waals surface area contributed by atoms with E-state index in [0.717, 1.165) is 5.69 Å². The summed E-state index contributed by atoms with van der Waals surface area (Å²) in [5.74, 6) is -3.43. The van der Waals surface area contributed by atoms with Crippen LogP contribution in [0.5, 0.6) is 0 Å². The molecule has 0 radical (unpaired) electrons. The molecule has 0 heterocycles. The number of benzene rings is 2. The Labute approximate surface area is 168 Å². The summed E-state index contributed by atoms with van der Waals surface area (Å²) in [5, 5.41) is 14.3. The molecule has 2 aliphatic carbocycles. The second kappa shape index (κ2) is 7.54. The van der Waals surface area contributed by atoms with Crippen LogP contribution in [0.3, 0.4) is 0 Å². The molecule has 29 heavy (non-hydrogen) atoms. The number of aliphatic carboxylic acids is 1. The molecule has 0 saturated heterocycles. The number of carboxylic acids is 1. The zero-order valence-electron chi connectivity index (χ0n) is 15.9. The molecule has 0 aromatic heterocycles. The van der Waals surface area contributed by atoms with E-state index in [1.165, 1.54) is 4.90 Å². The van der Waals surface area contributed by atoms with E-state index in [2.05, 4.69) is 5.32 Å². The second-order valence-corrected chi connectivity index (χ2v) is 7.59. The van der Waals surface area contributed by atoms with E-state index in [1.54, 1.807) is 31.3 Å². The van der Waals surface area contributed by atoms with Gasteiger partial charge in [-0.25, -0.2) is 0 Å². The van der Waals surface area contributed by atoms with Gasteiger partial charge >= 0.3 is 0 Å². The predicted molar refractivity (Wildman–Crippen MR) is 107 cm³/mol. The predicted octanol–water partition coefficient (Wildman–Crippen LogP) is 2.09. The van der Waals surface area contributed by atoms with Crippen LogP contribution in [0, 0.1) is 23.7 Å². The number of carbonyl (C=O) groups is 3. The van der Waals surface area contributed by atoms with Crippen molar-refractivity contribution < 1.29 is 19.5 Å². The lowest BCUT2D eigenvalue weighted by molar-refractivity contribution is -0.313. The van der Waals surface area contributed by atoms with Crippen molar-refractivity contribution in [1.82, 2.24) is 0 Å². The average molecular weight is 389 g/mol. The van der Waals surface area contributed by atoms with Gasteiger partial charge in [0.05, 0.1) is 5.92 Å². The lowest BCUT2D eigenvalue weighted by Gasteiger charge is -2.27. The van der Waals surface area contributed by atoms with Crippen LogP contribution >= 0.6 is 0 Å². The number of hydrogen-bond acceptors (Lipinski definition) is 4. The van der Waals surface area contributed by atoms with E-state index in [9.17, 15) is 19.5 Å². The number of carboxylic acid groups (broad SMARTS) is 1. The third kappa shape index (κ3) is 3.53. The van der Waals surface area contributed by atoms with E-state index in [1.807, 2.05) is 42.5 Å². The fraction of sp³-hybridized carbons (Fsp3) is 0.261. The minimum atomic E-state index is -1.18. The van der Waals surface area contributed by atoms with Crippen molar-refractivity contribution in [2.45, 2.75) is 6.42 Å². The summed E-state index contributed by atoms with van der Waals surface area (Å²) < 4.78 is 0. The Balaban J connectivity index is 1.51. The van der Waals surface area contributed by atoms with E-state index in [4.69, 9.17) is 0 Å². The molecule has 2 aromatic carbocycles. The molecule has 148 valence electrons. The highest BCUT2D eigenvalue weighted by Gasteiger charge is 2.48. The van der Waals surface area contributed by atoms with Gasteiger partial charge in [-0.2, -0.15) is 0 Å². The summed E-state index contributed by atoms with van der Waals surface area (Å²) in [5.41, 5.74) is 1.65. The van der Waals surface area contributed by atoms with E-state index in [-0.39, 0.29) is 23.7 Å². The SMILES string of the molecule is CN(C(=O)c1cccc(NC(=O)[C@H]2[C@@H](C(=O)[O-])[C@H]3C=C[C@@H]2C3)c1)c1ccccc1. The average Bonchev–Trinajstić information content (AvgIpc) is 3.35. The number of nitrogens with zero attached hydrogens (tertiary/aromatic N) is 1. The number of fused-ring (bicyclic) bond motifs is 2. The van der Waals surface area contributed by atoms with Crippen LogP contribution < -0.4 is 15.3 Å². The summed E-state index contributed by atoms with van der Waals surface area (Å²) in [6.07, 6.45) is 4.45. The number of hydrogen-bond donors (Lipinski definition) is 1. The minimum absolute atomic E-state index is 0.0862. The third-order valence-corrected chi connectivity index (χ3v) is 5.86. The van der Waals surface area contributed by atoms with Gasteiger partial charge in [0, 0.05) is 35.9 Å². The molecule has 4 rings (SSSR count). The summed E-state index contributed by atoms with van der Waals surface area (Å²) in [6.45, 7) is 0. The standard InChI is InChI=1S/C23H22N2O4/c1-25(18-8-3-2-4-9-18)22(27)16-6-5-7-17(13-16)24-21(26)19-14-10-11-15(12-14)20(19)23(28)29/h2-11,13-15,19-20H,12H2,1H3,(H,24,26)(H,28,29)/p-1/t14-,15+,19-,20+/m1/s1. The first-order valence-corrected chi connectivity index (χ1v) is 9.59. The van der Waals surface area contributed by atoms with E-state index < -0.39 is 17.8 Å². The first-order chi connectivity index (χ1) is 14.0. The monoisotopic (exact) mass is 389 g/mol. The Morgan fingerprint density at radius 1 is 0.966 bits per heavy atom. The zero-order chi connectivity index (χ0) is 20.5. The van der Waals surface area contributed by atoms with Crippen LogP contribution in [-0.2, 0) is 9.59 Å². The molecule has 0 spiro atoms. The summed E-state index contributed by atoms with van der Waals surface area (Å²) in [6, 6.07) is 15.9. The van der Waals surface area contributed by atoms with Crippen LogP contribution in [0.4, 0.5) is 11.4 Å².